The van der Waals surface area contributed by atoms with Crippen LogP contribution in [0.2, 0.25) is 0 Å². The summed E-state index contributed by atoms with van der Waals surface area (Å²) < 4.78 is 4.90. The molecule has 2 atom stereocenters. The third-order valence-electron chi connectivity index (χ3n) is 3.36. The second kappa shape index (κ2) is 6.59. The lowest BCUT2D eigenvalue weighted by Gasteiger charge is -2.37. The maximum Gasteiger partial charge on any atom is 0.308 e. The van der Waals surface area contributed by atoms with E-state index < -0.39 is 11.9 Å². The lowest BCUT2D eigenvalue weighted by molar-refractivity contribution is -0.149. The Bertz CT molecular complexity index is 280. The van der Waals surface area contributed by atoms with Gasteiger partial charge < -0.3 is 14.7 Å². The quantitative estimate of drug-likeness (QED) is 0.735. The molecule has 1 heterocycles. The molecule has 1 amide bonds. The zero-order valence-corrected chi connectivity index (χ0v) is 10.5. The van der Waals surface area contributed by atoms with Crippen molar-refractivity contribution < 1.29 is 19.4 Å². The number of likely N-dealkylation sites (tertiary alicyclic amines) is 1. The van der Waals surface area contributed by atoms with Crippen molar-refractivity contribution in [2.45, 2.75) is 38.6 Å². The Hall–Kier alpha value is -1.10. The molecule has 0 aromatic rings. The molecule has 0 saturated carbocycles. The largest absolute Gasteiger partial charge is 0.481 e. The summed E-state index contributed by atoms with van der Waals surface area (Å²) in [5.74, 6) is -1.18. The number of methoxy groups -OCH3 is 1. The van der Waals surface area contributed by atoms with Crippen LogP contribution in [0, 0.1) is 5.92 Å². The van der Waals surface area contributed by atoms with Gasteiger partial charge in [0.15, 0.2) is 0 Å². The molecular formula is C12H21NO4. The summed E-state index contributed by atoms with van der Waals surface area (Å²) in [5.41, 5.74) is 0. The maximum absolute atomic E-state index is 11.9. The molecule has 0 bridgehead atoms. The van der Waals surface area contributed by atoms with Crippen molar-refractivity contribution >= 4 is 11.9 Å². The van der Waals surface area contributed by atoms with Gasteiger partial charge in [-0.2, -0.15) is 0 Å². The first-order chi connectivity index (χ1) is 8.07. The number of ether oxygens (including phenoxy) is 1. The van der Waals surface area contributed by atoms with Crippen molar-refractivity contribution in [1.82, 2.24) is 4.90 Å². The summed E-state index contributed by atoms with van der Waals surface area (Å²) in [6, 6.07) is -0.198. The number of rotatable bonds is 5. The van der Waals surface area contributed by atoms with E-state index in [-0.39, 0.29) is 11.9 Å². The van der Waals surface area contributed by atoms with Crippen LogP contribution in [0.1, 0.15) is 32.6 Å². The predicted molar refractivity (Wildman–Crippen MR) is 62.6 cm³/mol. The van der Waals surface area contributed by atoms with E-state index in [2.05, 4.69) is 0 Å². The van der Waals surface area contributed by atoms with Gasteiger partial charge in [-0.05, 0) is 26.2 Å². The fraction of sp³-hybridized carbons (Fsp3) is 0.833. The molecule has 1 rings (SSSR count). The van der Waals surface area contributed by atoms with Gasteiger partial charge in [-0.3, -0.25) is 9.59 Å². The Morgan fingerprint density at radius 2 is 2.18 bits per heavy atom. The van der Waals surface area contributed by atoms with Crippen molar-refractivity contribution in [2.24, 2.45) is 5.92 Å². The van der Waals surface area contributed by atoms with E-state index in [1.807, 2.05) is 6.92 Å². The number of carboxylic acid groups (broad SMARTS) is 1. The molecule has 0 radical (unpaired) electrons. The Balaban J connectivity index is 2.51. The number of carbonyl (C=O) groups is 2. The van der Waals surface area contributed by atoms with Gasteiger partial charge in [0.25, 0.3) is 0 Å². The molecule has 17 heavy (non-hydrogen) atoms. The van der Waals surface area contributed by atoms with Crippen molar-refractivity contribution in [3.63, 3.8) is 0 Å². The molecule has 0 aromatic heterocycles. The van der Waals surface area contributed by atoms with Gasteiger partial charge in [0.05, 0.1) is 5.92 Å². The highest BCUT2D eigenvalue weighted by Gasteiger charge is 2.34. The number of aliphatic carboxylic acids is 1. The fourth-order valence-corrected chi connectivity index (χ4v) is 2.34. The van der Waals surface area contributed by atoms with Crippen molar-refractivity contribution in [2.75, 3.05) is 20.3 Å². The molecule has 98 valence electrons. The van der Waals surface area contributed by atoms with Crippen LogP contribution in [0.4, 0.5) is 0 Å². The number of carboxylic acids is 1. The van der Waals surface area contributed by atoms with Crippen LogP contribution in [-0.4, -0.2) is 48.2 Å². The Kier molecular flexibility index (Phi) is 5.41. The maximum atomic E-state index is 11.9. The highest BCUT2D eigenvalue weighted by Crippen LogP contribution is 2.24. The van der Waals surface area contributed by atoms with Crippen molar-refractivity contribution in [1.29, 1.82) is 0 Å². The van der Waals surface area contributed by atoms with Crippen LogP contribution >= 0.6 is 0 Å². The molecule has 1 aliphatic heterocycles. The van der Waals surface area contributed by atoms with E-state index in [1.165, 1.54) is 0 Å². The van der Waals surface area contributed by atoms with Crippen LogP contribution < -0.4 is 0 Å². The van der Waals surface area contributed by atoms with Gasteiger partial charge in [0.1, 0.15) is 0 Å². The summed E-state index contributed by atoms with van der Waals surface area (Å²) >= 11 is 0. The standard InChI is InChI=1S/C12H21NO4/c1-9-10(12(15)16)5-3-7-13(9)11(14)6-4-8-17-2/h9-10H,3-8H2,1-2H3,(H,15,16)/t9-,10-/m0/s1. The van der Waals surface area contributed by atoms with E-state index in [9.17, 15) is 9.59 Å². The summed E-state index contributed by atoms with van der Waals surface area (Å²) in [5, 5.41) is 9.06. The number of hydrogen-bond acceptors (Lipinski definition) is 3. The van der Waals surface area contributed by atoms with Crippen LogP contribution in [0.15, 0.2) is 0 Å². The number of piperidine rings is 1. The second-order valence-electron chi connectivity index (χ2n) is 4.51. The average molecular weight is 243 g/mol. The molecule has 0 aliphatic carbocycles. The molecule has 1 aliphatic rings. The summed E-state index contributed by atoms with van der Waals surface area (Å²) in [6.45, 7) is 3.07. The molecule has 0 unspecified atom stereocenters. The van der Waals surface area contributed by atoms with Gasteiger partial charge >= 0.3 is 5.97 Å². The number of amides is 1. The minimum absolute atomic E-state index is 0.0421. The van der Waals surface area contributed by atoms with Crippen molar-refractivity contribution in [3.8, 4) is 0 Å². The Labute approximate surface area is 102 Å². The first-order valence-electron chi connectivity index (χ1n) is 6.09. The second-order valence-corrected chi connectivity index (χ2v) is 4.51. The van der Waals surface area contributed by atoms with Crippen molar-refractivity contribution in [3.05, 3.63) is 0 Å². The van der Waals surface area contributed by atoms with E-state index in [1.54, 1.807) is 12.0 Å². The third-order valence-corrected chi connectivity index (χ3v) is 3.36. The smallest absolute Gasteiger partial charge is 0.308 e. The number of carbonyl (C=O) groups excluding carboxylic acids is 1. The van der Waals surface area contributed by atoms with E-state index in [0.29, 0.717) is 32.4 Å². The first-order valence-corrected chi connectivity index (χ1v) is 6.09. The molecular weight excluding hydrogens is 222 g/mol. The lowest BCUT2D eigenvalue weighted by Crippen LogP contribution is -2.49. The summed E-state index contributed by atoms with van der Waals surface area (Å²) in [7, 11) is 1.61. The fourth-order valence-electron chi connectivity index (χ4n) is 2.34. The molecule has 1 saturated heterocycles. The van der Waals surface area contributed by atoms with Gasteiger partial charge in [-0.15, -0.1) is 0 Å². The minimum atomic E-state index is -0.799. The van der Waals surface area contributed by atoms with Crippen LogP contribution in [-0.2, 0) is 14.3 Å². The lowest BCUT2D eigenvalue weighted by atomic mass is 9.90. The Morgan fingerprint density at radius 3 is 2.76 bits per heavy atom. The summed E-state index contributed by atoms with van der Waals surface area (Å²) in [4.78, 5) is 24.7. The Morgan fingerprint density at radius 1 is 1.47 bits per heavy atom. The summed E-state index contributed by atoms with van der Waals surface area (Å²) in [6.07, 6.45) is 2.57. The average Bonchev–Trinajstić information content (AvgIpc) is 2.29. The highest BCUT2D eigenvalue weighted by molar-refractivity contribution is 5.78. The van der Waals surface area contributed by atoms with E-state index in [0.717, 1.165) is 6.42 Å². The molecule has 0 aromatic carbocycles. The predicted octanol–water partition coefficient (Wildman–Crippen LogP) is 1.12. The number of nitrogens with zero attached hydrogens (tertiary/aromatic N) is 1. The van der Waals surface area contributed by atoms with Gasteiger partial charge in [-0.1, -0.05) is 0 Å². The van der Waals surface area contributed by atoms with Crippen LogP contribution in [0.5, 0.6) is 0 Å². The van der Waals surface area contributed by atoms with Gasteiger partial charge in [0.2, 0.25) is 5.91 Å². The third kappa shape index (κ3) is 3.70. The molecule has 1 fully saturated rings. The first kappa shape index (κ1) is 14.0. The zero-order chi connectivity index (χ0) is 12.8. The SMILES string of the molecule is COCCCC(=O)N1CCC[C@H](C(=O)O)[C@@H]1C. The molecule has 0 spiro atoms. The zero-order valence-electron chi connectivity index (χ0n) is 10.5. The van der Waals surface area contributed by atoms with Crippen LogP contribution in [0.3, 0.4) is 0 Å². The normalized spacial score (nSPS) is 24.7. The van der Waals surface area contributed by atoms with Gasteiger partial charge in [0, 0.05) is 32.7 Å². The molecule has 5 heteroatoms. The van der Waals surface area contributed by atoms with Crippen LogP contribution in [0.25, 0.3) is 0 Å². The van der Waals surface area contributed by atoms with E-state index in [4.69, 9.17) is 9.84 Å². The molecule has 5 nitrogen and oxygen atoms in total. The monoisotopic (exact) mass is 243 g/mol. The molecule has 1 N–H and O–H groups in total. The van der Waals surface area contributed by atoms with E-state index >= 15 is 0 Å². The van der Waals surface area contributed by atoms with Gasteiger partial charge in [-0.25, -0.2) is 0 Å². The minimum Gasteiger partial charge on any atom is -0.481 e. The highest BCUT2D eigenvalue weighted by atomic mass is 16.5. The number of hydrogen-bond donors (Lipinski definition) is 1. The topological polar surface area (TPSA) is 66.8 Å².